The third-order valence-electron chi connectivity index (χ3n) is 6.02. The van der Waals surface area contributed by atoms with Gasteiger partial charge in [0.15, 0.2) is 5.88 Å². The van der Waals surface area contributed by atoms with Crippen molar-refractivity contribution in [1.29, 1.82) is 0 Å². The van der Waals surface area contributed by atoms with E-state index >= 15 is 0 Å². The number of benzene rings is 2. The van der Waals surface area contributed by atoms with E-state index in [0.717, 1.165) is 42.4 Å². The van der Waals surface area contributed by atoms with Gasteiger partial charge in [-0.1, -0.05) is 24.3 Å². The zero-order chi connectivity index (χ0) is 21.3. The molecule has 4 rings (SSSR count). The zero-order valence-corrected chi connectivity index (χ0v) is 17.9. The minimum absolute atomic E-state index is 0.124. The highest BCUT2D eigenvalue weighted by Crippen LogP contribution is 2.34. The van der Waals surface area contributed by atoms with Crippen LogP contribution in [0.4, 0.5) is 0 Å². The fraction of sp³-hybridized carbons (Fsp3) is 0.320. The largest absolute Gasteiger partial charge is 0.494 e. The number of nitrogens with one attached hydrogen (secondary N) is 1. The normalized spacial score (nSPS) is 16.7. The number of nitrogens with zero attached hydrogens (tertiary/aromatic N) is 2. The summed E-state index contributed by atoms with van der Waals surface area (Å²) in [5.41, 5.74) is 13.2. The van der Waals surface area contributed by atoms with Gasteiger partial charge in [0.05, 0.1) is 11.7 Å². The molecule has 30 heavy (non-hydrogen) atoms. The highest BCUT2D eigenvalue weighted by molar-refractivity contribution is 5.98. The second-order valence-electron chi connectivity index (χ2n) is 8.37. The Morgan fingerprint density at radius 1 is 1.17 bits per heavy atom. The molecule has 0 amide bonds. The third-order valence-corrected chi connectivity index (χ3v) is 6.02. The molecule has 1 aromatic heterocycles. The minimum Gasteiger partial charge on any atom is -0.494 e. The Kier molecular flexibility index (Phi) is 5.64. The zero-order valence-electron chi connectivity index (χ0n) is 17.9. The number of fused-ring (bicyclic) bond motifs is 1. The number of allylic oxidation sites excluding steroid dienone is 1. The van der Waals surface area contributed by atoms with Crippen molar-refractivity contribution in [2.24, 2.45) is 10.7 Å². The molecule has 1 aliphatic rings. The van der Waals surface area contributed by atoms with Crippen molar-refractivity contribution in [1.82, 2.24) is 9.88 Å². The molecule has 1 fully saturated rings. The molecule has 0 saturated carbocycles. The van der Waals surface area contributed by atoms with E-state index in [4.69, 9.17) is 5.73 Å². The van der Waals surface area contributed by atoms with Gasteiger partial charge in [0, 0.05) is 22.7 Å². The second kappa shape index (κ2) is 8.36. The molecule has 5 heteroatoms. The standard InChI is InChI=1S/C25H30N4O/c1-16-5-4-6-17(2)24(16)18-7-8-23-21(13-18)22(25(30)28-23)14-19(26)15-27-20-9-11-29(3)12-10-20/h4-8,13-15,20,28,30H,9-12,26H2,1-3H3. The fourth-order valence-electron chi connectivity index (χ4n) is 4.31. The summed E-state index contributed by atoms with van der Waals surface area (Å²) >= 11 is 0. The van der Waals surface area contributed by atoms with Crippen LogP contribution in [0.15, 0.2) is 47.1 Å². The van der Waals surface area contributed by atoms with Gasteiger partial charge < -0.3 is 20.7 Å². The first-order valence-corrected chi connectivity index (χ1v) is 10.5. The number of aromatic amines is 1. The second-order valence-corrected chi connectivity index (χ2v) is 8.37. The van der Waals surface area contributed by atoms with Gasteiger partial charge >= 0.3 is 0 Å². The maximum absolute atomic E-state index is 10.5. The number of hydrogen-bond acceptors (Lipinski definition) is 4. The van der Waals surface area contributed by atoms with Crippen LogP contribution in [-0.4, -0.2) is 47.4 Å². The molecular weight excluding hydrogens is 372 g/mol. The molecule has 5 nitrogen and oxygen atoms in total. The Hall–Kier alpha value is -3.05. The molecule has 156 valence electrons. The molecule has 0 spiro atoms. The maximum atomic E-state index is 10.5. The van der Waals surface area contributed by atoms with E-state index < -0.39 is 0 Å². The smallest absolute Gasteiger partial charge is 0.196 e. The molecule has 0 atom stereocenters. The van der Waals surface area contributed by atoms with Crippen molar-refractivity contribution in [3.63, 3.8) is 0 Å². The number of piperidine rings is 1. The molecule has 2 heterocycles. The highest BCUT2D eigenvalue weighted by atomic mass is 16.3. The monoisotopic (exact) mass is 402 g/mol. The van der Waals surface area contributed by atoms with Crippen molar-refractivity contribution in [3.05, 3.63) is 58.8 Å². The average Bonchev–Trinajstić information content (AvgIpc) is 3.02. The summed E-state index contributed by atoms with van der Waals surface area (Å²) in [6.07, 6.45) is 5.65. The van der Waals surface area contributed by atoms with Crippen LogP contribution in [0.25, 0.3) is 28.1 Å². The van der Waals surface area contributed by atoms with Crippen LogP contribution in [0.2, 0.25) is 0 Å². The minimum atomic E-state index is 0.124. The van der Waals surface area contributed by atoms with Crippen molar-refractivity contribution < 1.29 is 5.11 Å². The predicted octanol–water partition coefficient (Wildman–Crippen LogP) is 4.62. The first kappa shape index (κ1) is 20.2. The summed E-state index contributed by atoms with van der Waals surface area (Å²) < 4.78 is 0. The van der Waals surface area contributed by atoms with E-state index in [0.29, 0.717) is 17.3 Å². The average molecular weight is 403 g/mol. The summed E-state index contributed by atoms with van der Waals surface area (Å²) in [5, 5.41) is 11.4. The van der Waals surface area contributed by atoms with Gasteiger partial charge in [-0.15, -0.1) is 0 Å². The molecule has 0 aliphatic carbocycles. The van der Waals surface area contributed by atoms with E-state index in [1.807, 2.05) is 6.07 Å². The van der Waals surface area contributed by atoms with Gasteiger partial charge in [0.25, 0.3) is 0 Å². The molecule has 0 unspecified atom stereocenters. The van der Waals surface area contributed by atoms with Crippen molar-refractivity contribution >= 4 is 23.2 Å². The first-order valence-electron chi connectivity index (χ1n) is 10.5. The van der Waals surface area contributed by atoms with Crippen LogP contribution >= 0.6 is 0 Å². The first-order chi connectivity index (χ1) is 14.4. The Bertz CT molecular complexity index is 1100. The molecule has 0 bridgehead atoms. The quantitative estimate of drug-likeness (QED) is 0.557. The number of H-pyrrole nitrogens is 1. The Labute approximate surface area is 177 Å². The fourth-order valence-corrected chi connectivity index (χ4v) is 4.31. The van der Waals surface area contributed by atoms with E-state index in [1.165, 1.54) is 16.7 Å². The van der Waals surface area contributed by atoms with Gasteiger partial charge in [0.2, 0.25) is 0 Å². The maximum Gasteiger partial charge on any atom is 0.196 e. The van der Waals surface area contributed by atoms with E-state index in [2.05, 4.69) is 66.1 Å². The highest BCUT2D eigenvalue weighted by Gasteiger charge is 2.15. The third kappa shape index (κ3) is 4.12. The van der Waals surface area contributed by atoms with Crippen LogP contribution in [0, 0.1) is 13.8 Å². The summed E-state index contributed by atoms with van der Waals surface area (Å²) in [7, 11) is 2.14. The van der Waals surface area contributed by atoms with Gasteiger partial charge in [0.1, 0.15) is 0 Å². The Morgan fingerprint density at radius 2 is 1.87 bits per heavy atom. The number of rotatable bonds is 4. The topological polar surface area (TPSA) is 77.6 Å². The summed E-state index contributed by atoms with van der Waals surface area (Å²) in [6.45, 7) is 6.38. The lowest BCUT2D eigenvalue weighted by Crippen LogP contribution is -2.32. The lowest BCUT2D eigenvalue weighted by Gasteiger charge is -2.26. The lowest BCUT2D eigenvalue weighted by molar-refractivity contribution is 0.257. The van der Waals surface area contributed by atoms with Crippen molar-refractivity contribution in [2.45, 2.75) is 32.7 Å². The lowest BCUT2D eigenvalue weighted by atomic mass is 9.94. The van der Waals surface area contributed by atoms with Crippen LogP contribution in [0.3, 0.4) is 0 Å². The number of nitrogens with two attached hydrogens (primary N) is 1. The predicted molar refractivity (Wildman–Crippen MR) is 126 cm³/mol. The summed E-state index contributed by atoms with van der Waals surface area (Å²) in [4.78, 5) is 10.0. The van der Waals surface area contributed by atoms with Crippen LogP contribution < -0.4 is 5.73 Å². The molecular formula is C25H30N4O. The molecule has 0 radical (unpaired) electrons. The summed E-state index contributed by atoms with van der Waals surface area (Å²) in [5.74, 6) is 0.124. The van der Waals surface area contributed by atoms with Gasteiger partial charge in [-0.25, -0.2) is 0 Å². The number of hydrogen-bond donors (Lipinski definition) is 3. The molecule has 2 aromatic carbocycles. The molecule has 1 aliphatic heterocycles. The molecule has 4 N–H and O–H groups in total. The Balaban J connectivity index is 1.67. The van der Waals surface area contributed by atoms with E-state index in [9.17, 15) is 5.11 Å². The van der Waals surface area contributed by atoms with Crippen LogP contribution in [-0.2, 0) is 0 Å². The van der Waals surface area contributed by atoms with E-state index in [1.54, 1.807) is 12.3 Å². The van der Waals surface area contributed by atoms with Crippen molar-refractivity contribution in [3.8, 4) is 17.0 Å². The van der Waals surface area contributed by atoms with Crippen LogP contribution in [0.1, 0.15) is 29.5 Å². The van der Waals surface area contributed by atoms with Gasteiger partial charge in [-0.3, -0.25) is 4.99 Å². The number of likely N-dealkylation sites (tertiary alicyclic amines) is 1. The Morgan fingerprint density at radius 3 is 2.57 bits per heavy atom. The number of aryl methyl sites for hydroxylation is 2. The van der Waals surface area contributed by atoms with Gasteiger partial charge in [-0.05, 0) is 87.3 Å². The van der Waals surface area contributed by atoms with Crippen molar-refractivity contribution in [2.75, 3.05) is 20.1 Å². The SMILES string of the molecule is Cc1cccc(C)c1-c1ccc2[nH]c(O)c(C=C(N)C=NC3CCN(C)CC3)c2c1. The molecule has 3 aromatic rings. The van der Waals surface area contributed by atoms with Crippen LogP contribution in [0.5, 0.6) is 5.88 Å². The van der Waals surface area contributed by atoms with E-state index in [-0.39, 0.29) is 5.88 Å². The summed E-state index contributed by atoms with van der Waals surface area (Å²) in [6, 6.07) is 12.9. The number of aromatic nitrogens is 1. The number of aromatic hydroxyl groups is 1. The number of aliphatic imine (C=N–C) groups is 1. The van der Waals surface area contributed by atoms with Gasteiger partial charge in [-0.2, -0.15) is 0 Å². The molecule has 1 saturated heterocycles.